The lowest BCUT2D eigenvalue weighted by Gasteiger charge is -2.08. The van der Waals surface area contributed by atoms with Crippen molar-refractivity contribution in [3.8, 4) is 0 Å². The molecule has 0 aliphatic heterocycles. The highest BCUT2D eigenvalue weighted by atomic mass is 35.5. The second kappa shape index (κ2) is 5.27. The molecule has 2 rings (SSSR count). The Morgan fingerprint density at radius 1 is 1.37 bits per heavy atom. The Hall–Kier alpha value is -2.08. The number of nitrogens with zero attached hydrogens (tertiary/aromatic N) is 1. The molecule has 0 amide bonds. The lowest BCUT2D eigenvalue weighted by Crippen LogP contribution is -2.30. The van der Waals surface area contributed by atoms with Crippen molar-refractivity contribution in [1.82, 2.24) is 9.55 Å². The van der Waals surface area contributed by atoms with E-state index in [-0.39, 0.29) is 13.0 Å². The van der Waals surface area contributed by atoms with Gasteiger partial charge in [0.2, 0.25) is 0 Å². The van der Waals surface area contributed by atoms with Gasteiger partial charge in [0, 0.05) is 18.0 Å². The van der Waals surface area contributed by atoms with Gasteiger partial charge in [-0.1, -0.05) is 11.6 Å². The number of carboxylic acid groups (broad SMARTS) is 1. The number of carbonyl (C=O) groups is 1. The van der Waals surface area contributed by atoms with E-state index in [1.165, 1.54) is 16.7 Å². The smallest absolute Gasteiger partial charge is 0.328 e. The normalized spacial score (nSPS) is 10.8. The van der Waals surface area contributed by atoms with Gasteiger partial charge in [-0.2, -0.15) is 0 Å². The van der Waals surface area contributed by atoms with Gasteiger partial charge in [0.1, 0.15) is 0 Å². The van der Waals surface area contributed by atoms with Crippen molar-refractivity contribution in [1.29, 1.82) is 0 Å². The summed E-state index contributed by atoms with van der Waals surface area (Å²) in [6, 6.07) is 4.61. The fraction of sp³-hybridized carbons (Fsp3) is 0.250. The Morgan fingerprint density at radius 3 is 2.79 bits per heavy atom. The first-order valence-electron chi connectivity index (χ1n) is 5.63. The number of aromatic amines is 1. The average molecular weight is 283 g/mol. The van der Waals surface area contributed by atoms with E-state index in [0.29, 0.717) is 22.3 Å². The van der Waals surface area contributed by atoms with Gasteiger partial charge in [-0.05, 0) is 24.6 Å². The van der Waals surface area contributed by atoms with Crippen molar-refractivity contribution in [2.45, 2.75) is 19.4 Å². The topological polar surface area (TPSA) is 92.2 Å². The molecule has 0 aliphatic rings. The van der Waals surface area contributed by atoms with Crippen molar-refractivity contribution in [3.63, 3.8) is 0 Å². The monoisotopic (exact) mass is 282 g/mol. The third kappa shape index (κ3) is 2.85. The number of halogens is 1. The second-order valence-corrected chi connectivity index (χ2v) is 4.51. The number of hydrogen-bond acceptors (Lipinski definition) is 3. The van der Waals surface area contributed by atoms with Gasteiger partial charge in [-0.25, -0.2) is 4.79 Å². The number of aryl methyl sites for hydroxylation is 1. The van der Waals surface area contributed by atoms with Crippen LogP contribution in [0.25, 0.3) is 10.9 Å². The van der Waals surface area contributed by atoms with Crippen molar-refractivity contribution in [2.75, 3.05) is 0 Å². The van der Waals surface area contributed by atoms with Crippen LogP contribution in [0.5, 0.6) is 0 Å². The van der Waals surface area contributed by atoms with Crippen LogP contribution in [-0.4, -0.2) is 20.6 Å². The van der Waals surface area contributed by atoms with Crippen LogP contribution in [0.1, 0.15) is 12.8 Å². The first-order chi connectivity index (χ1) is 8.99. The standard InChI is InChI=1S/C12H11ClN2O4/c13-7-3-4-8-9(6-7)15(5-1-2-10(16)17)12(19)14-11(8)18/h3-4,6H,1-2,5H2,(H,16,17)(H,14,18,19). The third-order valence-electron chi connectivity index (χ3n) is 2.73. The molecule has 0 saturated carbocycles. The van der Waals surface area contributed by atoms with Crippen molar-refractivity contribution in [2.24, 2.45) is 0 Å². The van der Waals surface area contributed by atoms with E-state index in [0.717, 1.165) is 0 Å². The fourth-order valence-corrected chi connectivity index (χ4v) is 2.04. The van der Waals surface area contributed by atoms with Gasteiger partial charge in [0.05, 0.1) is 10.9 Å². The molecule has 1 heterocycles. The maximum Gasteiger partial charge on any atom is 0.328 e. The quantitative estimate of drug-likeness (QED) is 0.881. The molecule has 6 nitrogen and oxygen atoms in total. The molecular weight excluding hydrogens is 272 g/mol. The molecule has 0 bridgehead atoms. The van der Waals surface area contributed by atoms with E-state index in [1.807, 2.05) is 0 Å². The molecule has 0 spiro atoms. The number of nitrogens with one attached hydrogen (secondary N) is 1. The zero-order valence-electron chi connectivity index (χ0n) is 9.85. The minimum absolute atomic E-state index is 0.0480. The van der Waals surface area contributed by atoms with Crippen LogP contribution in [0.4, 0.5) is 0 Å². The Kier molecular flexibility index (Phi) is 3.71. The summed E-state index contributed by atoms with van der Waals surface area (Å²) in [6.07, 6.45) is 0.247. The Bertz CT molecular complexity index is 747. The van der Waals surface area contributed by atoms with Gasteiger partial charge in [-0.3, -0.25) is 19.1 Å². The predicted octanol–water partition coefficient (Wildman–Crippen LogP) is 1.21. The first kappa shape index (κ1) is 13.4. The number of benzene rings is 1. The lowest BCUT2D eigenvalue weighted by molar-refractivity contribution is -0.137. The molecule has 0 atom stereocenters. The molecule has 0 fully saturated rings. The number of hydrogen-bond donors (Lipinski definition) is 2. The zero-order chi connectivity index (χ0) is 14.0. The number of aliphatic carboxylic acids is 1. The maximum absolute atomic E-state index is 11.8. The summed E-state index contributed by atoms with van der Waals surface area (Å²) in [6.45, 7) is 0.207. The van der Waals surface area contributed by atoms with Crippen molar-refractivity contribution in [3.05, 3.63) is 44.1 Å². The van der Waals surface area contributed by atoms with Crippen LogP contribution in [0.15, 0.2) is 27.8 Å². The number of carboxylic acids is 1. The number of fused-ring (bicyclic) bond motifs is 1. The number of rotatable bonds is 4. The minimum atomic E-state index is -0.931. The summed E-state index contributed by atoms with van der Waals surface area (Å²) >= 11 is 5.86. The first-order valence-corrected chi connectivity index (χ1v) is 6.01. The molecule has 0 saturated heterocycles. The van der Waals surface area contributed by atoms with Gasteiger partial charge < -0.3 is 5.11 Å². The molecule has 19 heavy (non-hydrogen) atoms. The molecule has 1 aromatic heterocycles. The van der Waals surface area contributed by atoms with Gasteiger partial charge in [0.15, 0.2) is 0 Å². The van der Waals surface area contributed by atoms with Gasteiger partial charge in [0.25, 0.3) is 5.56 Å². The Labute approximate surface area is 112 Å². The van der Waals surface area contributed by atoms with Crippen LogP contribution < -0.4 is 11.2 Å². The summed E-state index contributed by atoms with van der Waals surface area (Å²) < 4.78 is 1.32. The van der Waals surface area contributed by atoms with E-state index in [9.17, 15) is 14.4 Å². The third-order valence-corrected chi connectivity index (χ3v) is 2.97. The molecule has 7 heteroatoms. The fourth-order valence-electron chi connectivity index (χ4n) is 1.87. The molecular formula is C12H11ClN2O4. The highest BCUT2D eigenvalue weighted by Crippen LogP contribution is 2.15. The minimum Gasteiger partial charge on any atom is -0.481 e. The molecule has 1 aromatic carbocycles. The van der Waals surface area contributed by atoms with E-state index >= 15 is 0 Å². The van der Waals surface area contributed by atoms with Gasteiger partial charge in [-0.15, -0.1) is 0 Å². The van der Waals surface area contributed by atoms with E-state index < -0.39 is 17.2 Å². The maximum atomic E-state index is 11.8. The van der Waals surface area contributed by atoms with Gasteiger partial charge >= 0.3 is 11.7 Å². The molecule has 0 radical (unpaired) electrons. The molecule has 0 unspecified atom stereocenters. The molecule has 100 valence electrons. The van der Waals surface area contributed by atoms with Crippen molar-refractivity contribution < 1.29 is 9.90 Å². The number of H-pyrrole nitrogens is 1. The highest BCUT2D eigenvalue weighted by Gasteiger charge is 2.08. The van der Waals surface area contributed by atoms with Crippen molar-refractivity contribution >= 4 is 28.5 Å². The highest BCUT2D eigenvalue weighted by molar-refractivity contribution is 6.31. The van der Waals surface area contributed by atoms with Crippen LogP contribution in [0, 0.1) is 0 Å². The summed E-state index contributed by atoms with van der Waals surface area (Å²) in [7, 11) is 0. The molecule has 2 N–H and O–H groups in total. The zero-order valence-corrected chi connectivity index (χ0v) is 10.6. The second-order valence-electron chi connectivity index (χ2n) is 4.07. The Balaban J connectivity index is 2.52. The summed E-state index contributed by atoms with van der Waals surface area (Å²) in [5, 5.41) is 9.35. The number of aromatic nitrogens is 2. The molecule has 2 aromatic rings. The predicted molar refractivity (Wildman–Crippen MR) is 70.7 cm³/mol. The van der Waals surface area contributed by atoms with Crippen LogP contribution in [0.3, 0.4) is 0 Å². The average Bonchev–Trinajstić information content (AvgIpc) is 2.32. The summed E-state index contributed by atoms with van der Waals surface area (Å²) in [5.41, 5.74) is -0.636. The Morgan fingerprint density at radius 2 is 2.11 bits per heavy atom. The van der Waals surface area contributed by atoms with E-state index in [4.69, 9.17) is 16.7 Å². The SMILES string of the molecule is O=C(O)CCCn1c(=O)[nH]c(=O)c2ccc(Cl)cc21. The summed E-state index contributed by atoms with van der Waals surface area (Å²) in [5.74, 6) is -0.931. The van der Waals surface area contributed by atoms with E-state index in [1.54, 1.807) is 6.07 Å². The lowest BCUT2D eigenvalue weighted by atomic mass is 10.2. The van der Waals surface area contributed by atoms with E-state index in [2.05, 4.69) is 4.98 Å². The van der Waals surface area contributed by atoms with Crippen LogP contribution >= 0.6 is 11.6 Å². The summed E-state index contributed by atoms with van der Waals surface area (Å²) in [4.78, 5) is 36.1. The van der Waals surface area contributed by atoms with Crippen LogP contribution in [0.2, 0.25) is 5.02 Å². The largest absolute Gasteiger partial charge is 0.481 e. The molecule has 0 aliphatic carbocycles. The van der Waals surface area contributed by atoms with Crippen LogP contribution in [-0.2, 0) is 11.3 Å².